The summed E-state index contributed by atoms with van der Waals surface area (Å²) in [6.45, 7) is 1.10. The van der Waals surface area contributed by atoms with Crippen molar-refractivity contribution in [2.45, 2.75) is 32.1 Å². The third kappa shape index (κ3) is 5.12. The highest BCUT2D eigenvalue weighted by molar-refractivity contribution is 6.07. The number of amides is 2. The number of carbonyl (C=O) groups excluding carboxylic acids is 2. The molecule has 0 spiro atoms. The van der Waals surface area contributed by atoms with Crippen LogP contribution in [0.15, 0.2) is 54.6 Å². The maximum atomic E-state index is 12.5. The Balaban J connectivity index is 1.39. The largest absolute Gasteiger partial charge is 0.497 e. The predicted molar refractivity (Wildman–Crippen MR) is 109 cm³/mol. The van der Waals surface area contributed by atoms with Gasteiger partial charge < -0.3 is 15.4 Å². The molecule has 0 saturated heterocycles. The van der Waals surface area contributed by atoms with Crippen molar-refractivity contribution in [3.05, 3.63) is 65.7 Å². The van der Waals surface area contributed by atoms with Gasteiger partial charge in [-0.05, 0) is 55.4 Å². The van der Waals surface area contributed by atoms with Gasteiger partial charge in [0, 0.05) is 13.1 Å². The van der Waals surface area contributed by atoms with Gasteiger partial charge in [-0.3, -0.25) is 9.59 Å². The van der Waals surface area contributed by atoms with Gasteiger partial charge >= 0.3 is 0 Å². The molecular formula is C23H28N2O3. The van der Waals surface area contributed by atoms with Crippen molar-refractivity contribution < 1.29 is 14.3 Å². The Morgan fingerprint density at radius 2 is 1.57 bits per heavy atom. The lowest BCUT2D eigenvalue weighted by Gasteiger charge is -2.15. The molecule has 2 aromatic rings. The van der Waals surface area contributed by atoms with Crippen LogP contribution in [-0.2, 0) is 22.4 Å². The predicted octanol–water partition coefficient (Wildman–Crippen LogP) is 2.88. The highest BCUT2D eigenvalue weighted by Crippen LogP contribution is 2.46. The SMILES string of the molecule is COc1cccc(CCNC(=O)C2(C(=O)NCCCc3ccccc3)CC2)c1. The maximum Gasteiger partial charge on any atom is 0.235 e. The molecule has 1 aliphatic carbocycles. The van der Waals surface area contributed by atoms with Crippen molar-refractivity contribution in [3.8, 4) is 5.75 Å². The molecule has 28 heavy (non-hydrogen) atoms. The number of ether oxygens (including phenoxy) is 1. The maximum absolute atomic E-state index is 12.5. The van der Waals surface area contributed by atoms with Crippen LogP contribution in [0.1, 0.15) is 30.4 Å². The van der Waals surface area contributed by atoms with Crippen molar-refractivity contribution in [2.75, 3.05) is 20.2 Å². The van der Waals surface area contributed by atoms with Crippen molar-refractivity contribution in [2.24, 2.45) is 5.41 Å². The van der Waals surface area contributed by atoms with E-state index in [1.54, 1.807) is 7.11 Å². The summed E-state index contributed by atoms with van der Waals surface area (Å²) < 4.78 is 5.21. The van der Waals surface area contributed by atoms with E-state index in [0.29, 0.717) is 32.4 Å². The molecule has 0 aromatic heterocycles. The van der Waals surface area contributed by atoms with E-state index in [4.69, 9.17) is 4.74 Å². The van der Waals surface area contributed by atoms with Crippen LogP contribution < -0.4 is 15.4 Å². The molecule has 0 radical (unpaired) electrons. The zero-order valence-electron chi connectivity index (χ0n) is 16.4. The van der Waals surface area contributed by atoms with Gasteiger partial charge in [-0.15, -0.1) is 0 Å². The Bertz CT molecular complexity index is 801. The van der Waals surface area contributed by atoms with E-state index in [9.17, 15) is 9.59 Å². The van der Waals surface area contributed by atoms with Gasteiger partial charge in [-0.1, -0.05) is 42.5 Å². The molecule has 2 amide bonds. The summed E-state index contributed by atoms with van der Waals surface area (Å²) in [5.74, 6) is 0.507. The summed E-state index contributed by atoms with van der Waals surface area (Å²) in [6, 6.07) is 18.0. The fourth-order valence-electron chi connectivity index (χ4n) is 3.31. The van der Waals surface area contributed by atoms with Crippen LogP contribution >= 0.6 is 0 Å². The quantitative estimate of drug-likeness (QED) is 0.492. The number of nitrogens with one attached hydrogen (secondary N) is 2. The lowest BCUT2D eigenvalue weighted by Crippen LogP contribution is -2.43. The van der Waals surface area contributed by atoms with E-state index in [1.807, 2.05) is 42.5 Å². The number of methoxy groups -OCH3 is 1. The van der Waals surface area contributed by atoms with Crippen LogP contribution in [0.2, 0.25) is 0 Å². The minimum absolute atomic E-state index is 0.139. The van der Waals surface area contributed by atoms with Crippen molar-refractivity contribution in [3.63, 3.8) is 0 Å². The topological polar surface area (TPSA) is 67.4 Å². The average molecular weight is 380 g/mol. The van der Waals surface area contributed by atoms with Crippen LogP contribution in [0, 0.1) is 5.41 Å². The Kier molecular flexibility index (Phi) is 6.69. The van der Waals surface area contributed by atoms with Crippen molar-refractivity contribution in [1.29, 1.82) is 0 Å². The monoisotopic (exact) mass is 380 g/mol. The number of hydrogen-bond donors (Lipinski definition) is 2. The molecule has 3 rings (SSSR count). The highest BCUT2D eigenvalue weighted by atomic mass is 16.5. The molecule has 0 unspecified atom stereocenters. The fraction of sp³-hybridized carbons (Fsp3) is 0.391. The van der Waals surface area contributed by atoms with Crippen LogP contribution in [-0.4, -0.2) is 32.0 Å². The number of rotatable bonds is 10. The minimum Gasteiger partial charge on any atom is -0.497 e. The Hall–Kier alpha value is -2.82. The van der Waals surface area contributed by atoms with Crippen LogP contribution in [0.5, 0.6) is 5.75 Å². The van der Waals surface area contributed by atoms with E-state index >= 15 is 0 Å². The Morgan fingerprint density at radius 1 is 0.893 bits per heavy atom. The van der Waals surface area contributed by atoms with Crippen LogP contribution in [0.4, 0.5) is 0 Å². The number of hydrogen-bond acceptors (Lipinski definition) is 3. The van der Waals surface area contributed by atoms with Crippen LogP contribution in [0.25, 0.3) is 0 Å². The molecule has 5 nitrogen and oxygen atoms in total. The second kappa shape index (κ2) is 9.40. The lowest BCUT2D eigenvalue weighted by atomic mass is 10.0. The molecule has 0 atom stereocenters. The zero-order valence-corrected chi connectivity index (χ0v) is 16.4. The summed E-state index contributed by atoms with van der Waals surface area (Å²) in [4.78, 5) is 25.0. The normalized spacial score (nSPS) is 14.2. The van der Waals surface area contributed by atoms with Crippen molar-refractivity contribution >= 4 is 11.8 Å². The van der Waals surface area contributed by atoms with E-state index in [1.165, 1.54) is 5.56 Å². The first-order valence-corrected chi connectivity index (χ1v) is 9.87. The van der Waals surface area contributed by atoms with Crippen LogP contribution in [0.3, 0.4) is 0 Å². The first-order valence-electron chi connectivity index (χ1n) is 9.87. The second-order valence-electron chi connectivity index (χ2n) is 7.28. The lowest BCUT2D eigenvalue weighted by molar-refractivity contribution is -0.137. The molecule has 5 heteroatoms. The Morgan fingerprint density at radius 3 is 2.25 bits per heavy atom. The molecule has 0 bridgehead atoms. The molecule has 1 fully saturated rings. The summed E-state index contributed by atoms with van der Waals surface area (Å²) in [7, 11) is 1.64. The van der Waals surface area contributed by atoms with Crippen molar-refractivity contribution in [1.82, 2.24) is 10.6 Å². The van der Waals surface area contributed by atoms with E-state index in [2.05, 4.69) is 22.8 Å². The van der Waals surface area contributed by atoms with E-state index < -0.39 is 5.41 Å². The van der Waals surface area contributed by atoms with Gasteiger partial charge in [0.2, 0.25) is 11.8 Å². The summed E-state index contributed by atoms with van der Waals surface area (Å²) >= 11 is 0. The van der Waals surface area contributed by atoms with E-state index in [0.717, 1.165) is 24.2 Å². The molecule has 0 heterocycles. The molecule has 0 aliphatic heterocycles. The third-order valence-corrected chi connectivity index (χ3v) is 5.22. The standard InChI is InChI=1S/C23H28N2O3/c1-28-20-11-5-9-19(17-20)12-16-25-22(27)23(13-14-23)21(26)24-15-6-10-18-7-3-2-4-8-18/h2-5,7-9,11,17H,6,10,12-16H2,1H3,(H,24,26)(H,25,27). The van der Waals surface area contributed by atoms with Gasteiger partial charge in [-0.25, -0.2) is 0 Å². The number of carbonyl (C=O) groups is 2. The minimum atomic E-state index is -0.860. The molecular weight excluding hydrogens is 352 g/mol. The zero-order chi connectivity index (χ0) is 19.8. The fourth-order valence-corrected chi connectivity index (χ4v) is 3.31. The summed E-state index contributed by atoms with van der Waals surface area (Å²) in [6.07, 6.45) is 3.74. The van der Waals surface area contributed by atoms with Gasteiger partial charge in [0.05, 0.1) is 7.11 Å². The number of benzene rings is 2. The highest BCUT2D eigenvalue weighted by Gasteiger charge is 2.56. The summed E-state index contributed by atoms with van der Waals surface area (Å²) in [5.41, 5.74) is 1.49. The summed E-state index contributed by atoms with van der Waals surface area (Å²) in [5, 5.41) is 5.87. The molecule has 2 N–H and O–H groups in total. The average Bonchev–Trinajstić information content (AvgIpc) is 3.54. The van der Waals surface area contributed by atoms with Gasteiger partial charge in [0.15, 0.2) is 0 Å². The molecule has 1 aliphatic rings. The van der Waals surface area contributed by atoms with Gasteiger partial charge in [-0.2, -0.15) is 0 Å². The second-order valence-corrected chi connectivity index (χ2v) is 7.28. The first-order chi connectivity index (χ1) is 13.6. The molecule has 1 saturated carbocycles. The van der Waals surface area contributed by atoms with E-state index in [-0.39, 0.29) is 11.8 Å². The van der Waals surface area contributed by atoms with Gasteiger partial charge in [0.1, 0.15) is 11.2 Å². The Labute approximate surface area is 166 Å². The third-order valence-electron chi connectivity index (χ3n) is 5.22. The molecule has 148 valence electrons. The smallest absolute Gasteiger partial charge is 0.235 e. The first kappa shape index (κ1) is 19.9. The van der Waals surface area contributed by atoms with Gasteiger partial charge in [0.25, 0.3) is 0 Å². The molecule has 2 aromatic carbocycles. The number of aryl methyl sites for hydroxylation is 1.